The van der Waals surface area contributed by atoms with E-state index in [-0.39, 0.29) is 0 Å². The van der Waals surface area contributed by atoms with E-state index >= 15 is 0 Å². The molecule has 0 amide bonds. The Morgan fingerprint density at radius 2 is 1.46 bits per heavy atom. The lowest BCUT2D eigenvalue weighted by Gasteiger charge is -2.26. The topological polar surface area (TPSA) is 0 Å². The summed E-state index contributed by atoms with van der Waals surface area (Å²) in [6, 6.07) is 0. The predicted octanol–water partition coefficient (Wildman–Crippen LogP) is 2.93. The summed E-state index contributed by atoms with van der Waals surface area (Å²) in [5.41, 5.74) is -11.3. The maximum atomic E-state index is 12.7. The molecule has 13 heavy (non-hydrogen) atoms. The number of hydrogen-bond donors (Lipinski definition) is 0. The number of hydrogen-bond acceptors (Lipinski definition) is 1. The standard InChI is InChI=1S/C5H3F7S/c6-1(7)4(10)2(8)13-3(9)5(4,11)12/h1-3H. The molecule has 0 radical (unpaired) electrons. The Labute approximate surface area is 72.5 Å². The van der Waals surface area contributed by atoms with E-state index in [0.717, 1.165) is 0 Å². The SMILES string of the molecule is FC1SC(F)C(F)(C(F)F)C1(F)F. The second kappa shape index (κ2) is 2.93. The summed E-state index contributed by atoms with van der Waals surface area (Å²) in [6.07, 6.45) is -4.26. The van der Waals surface area contributed by atoms with Crippen molar-refractivity contribution in [1.82, 2.24) is 0 Å². The first kappa shape index (κ1) is 10.9. The molecule has 0 aromatic rings. The molecule has 0 spiro atoms. The monoisotopic (exact) mass is 228 g/mol. The molecule has 0 saturated carbocycles. The third-order valence-corrected chi connectivity index (χ3v) is 2.80. The molecule has 1 heterocycles. The first-order valence-corrected chi connectivity index (χ1v) is 3.97. The van der Waals surface area contributed by atoms with Crippen molar-refractivity contribution in [2.75, 3.05) is 0 Å². The van der Waals surface area contributed by atoms with Crippen LogP contribution in [0.1, 0.15) is 0 Å². The van der Waals surface area contributed by atoms with E-state index in [1.54, 1.807) is 0 Å². The summed E-state index contributed by atoms with van der Waals surface area (Å²) >= 11 is -0.776. The normalized spacial score (nSPS) is 44.3. The minimum atomic E-state index is -4.99. The maximum Gasteiger partial charge on any atom is 0.330 e. The molecular weight excluding hydrogens is 225 g/mol. The van der Waals surface area contributed by atoms with Gasteiger partial charge in [0.2, 0.25) is 5.50 Å². The summed E-state index contributed by atoms with van der Waals surface area (Å²) in [6.45, 7) is 0. The van der Waals surface area contributed by atoms with Gasteiger partial charge in [-0.2, -0.15) is 8.78 Å². The lowest BCUT2D eigenvalue weighted by Crippen LogP contribution is -2.53. The minimum Gasteiger partial charge on any atom is -0.231 e. The third-order valence-electron chi connectivity index (χ3n) is 1.68. The molecular formula is C5H3F7S. The molecule has 8 heteroatoms. The van der Waals surface area contributed by atoms with Gasteiger partial charge in [0.05, 0.1) is 0 Å². The van der Waals surface area contributed by atoms with Crippen LogP contribution in [0.5, 0.6) is 0 Å². The molecule has 3 unspecified atom stereocenters. The van der Waals surface area contributed by atoms with Crippen LogP contribution in [0.3, 0.4) is 0 Å². The van der Waals surface area contributed by atoms with E-state index in [4.69, 9.17) is 0 Å². The van der Waals surface area contributed by atoms with Gasteiger partial charge in [0, 0.05) is 0 Å². The highest BCUT2D eigenvalue weighted by Gasteiger charge is 2.76. The van der Waals surface area contributed by atoms with Crippen LogP contribution in [0.4, 0.5) is 30.7 Å². The van der Waals surface area contributed by atoms with Gasteiger partial charge < -0.3 is 0 Å². The van der Waals surface area contributed by atoms with Crippen molar-refractivity contribution in [3.8, 4) is 0 Å². The number of thioether (sulfide) groups is 1. The molecule has 3 atom stereocenters. The zero-order chi connectivity index (χ0) is 10.4. The van der Waals surface area contributed by atoms with Crippen LogP contribution in [0, 0.1) is 0 Å². The van der Waals surface area contributed by atoms with E-state index in [2.05, 4.69) is 0 Å². The molecule has 1 aliphatic heterocycles. The van der Waals surface area contributed by atoms with Gasteiger partial charge in [0.1, 0.15) is 0 Å². The molecule has 0 aromatic carbocycles. The van der Waals surface area contributed by atoms with Crippen molar-refractivity contribution in [3.05, 3.63) is 0 Å². The highest BCUT2D eigenvalue weighted by Crippen LogP contribution is 2.57. The molecule has 1 aliphatic rings. The molecule has 0 N–H and O–H groups in total. The maximum absolute atomic E-state index is 12.7. The van der Waals surface area contributed by atoms with Crippen LogP contribution in [0.15, 0.2) is 0 Å². The predicted molar refractivity (Wildman–Crippen MR) is 32.2 cm³/mol. The second-order valence-electron chi connectivity index (χ2n) is 2.46. The van der Waals surface area contributed by atoms with Gasteiger partial charge in [-0.25, -0.2) is 22.0 Å². The Hall–Kier alpha value is -0.140. The number of alkyl halides is 7. The van der Waals surface area contributed by atoms with Crippen molar-refractivity contribution in [1.29, 1.82) is 0 Å². The summed E-state index contributed by atoms with van der Waals surface area (Å²) in [5.74, 6) is -4.99. The second-order valence-corrected chi connectivity index (χ2v) is 3.56. The number of rotatable bonds is 1. The molecule has 0 bridgehead atoms. The zero-order valence-electron chi connectivity index (χ0n) is 5.79. The Balaban J connectivity index is 3.07. The van der Waals surface area contributed by atoms with Crippen LogP contribution in [-0.4, -0.2) is 29.0 Å². The molecule has 1 rings (SSSR count). The quantitative estimate of drug-likeness (QED) is 0.622. The number of halogens is 7. The molecule has 0 aliphatic carbocycles. The highest BCUT2D eigenvalue weighted by atomic mass is 32.2. The Bertz CT molecular complexity index is 207. The van der Waals surface area contributed by atoms with Crippen LogP contribution >= 0.6 is 11.8 Å². The van der Waals surface area contributed by atoms with E-state index in [1.165, 1.54) is 0 Å². The summed E-state index contributed by atoms with van der Waals surface area (Å²) in [4.78, 5) is 0. The van der Waals surface area contributed by atoms with Gasteiger partial charge in [-0.3, -0.25) is 0 Å². The van der Waals surface area contributed by atoms with Crippen molar-refractivity contribution < 1.29 is 30.7 Å². The van der Waals surface area contributed by atoms with Crippen molar-refractivity contribution >= 4 is 11.8 Å². The van der Waals surface area contributed by atoms with Crippen LogP contribution in [0.25, 0.3) is 0 Å². The minimum absolute atomic E-state index is 0.776. The third kappa shape index (κ3) is 1.21. The van der Waals surface area contributed by atoms with Gasteiger partial charge in [-0.1, -0.05) is 11.8 Å². The van der Waals surface area contributed by atoms with E-state index in [9.17, 15) is 30.7 Å². The fourth-order valence-electron chi connectivity index (χ4n) is 0.859. The summed E-state index contributed by atoms with van der Waals surface area (Å²) < 4.78 is 85.6. The first-order valence-electron chi connectivity index (χ1n) is 3.03. The zero-order valence-corrected chi connectivity index (χ0v) is 6.60. The van der Waals surface area contributed by atoms with Crippen LogP contribution in [0.2, 0.25) is 0 Å². The summed E-state index contributed by atoms with van der Waals surface area (Å²) in [7, 11) is 0. The Kier molecular flexibility index (Phi) is 2.46. The lowest BCUT2D eigenvalue weighted by atomic mass is 10.0. The van der Waals surface area contributed by atoms with Gasteiger partial charge in [0.15, 0.2) is 5.50 Å². The van der Waals surface area contributed by atoms with Gasteiger partial charge >= 0.3 is 5.92 Å². The fourth-order valence-corrected chi connectivity index (χ4v) is 1.88. The van der Waals surface area contributed by atoms with E-state index in [1.807, 2.05) is 0 Å². The molecule has 1 saturated heterocycles. The van der Waals surface area contributed by atoms with E-state index < -0.39 is 40.8 Å². The smallest absolute Gasteiger partial charge is 0.231 e. The largest absolute Gasteiger partial charge is 0.330 e. The lowest BCUT2D eigenvalue weighted by molar-refractivity contribution is -0.211. The van der Waals surface area contributed by atoms with Gasteiger partial charge in [-0.15, -0.1) is 0 Å². The van der Waals surface area contributed by atoms with Crippen molar-refractivity contribution in [2.24, 2.45) is 0 Å². The van der Waals surface area contributed by atoms with Crippen molar-refractivity contribution in [2.45, 2.75) is 29.0 Å². The summed E-state index contributed by atoms with van der Waals surface area (Å²) in [5, 5.41) is 0. The van der Waals surface area contributed by atoms with Crippen LogP contribution in [-0.2, 0) is 0 Å². The highest BCUT2D eigenvalue weighted by molar-refractivity contribution is 8.00. The average molecular weight is 228 g/mol. The molecule has 0 nitrogen and oxygen atoms in total. The molecule has 0 aromatic heterocycles. The Morgan fingerprint density at radius 1 is 1.00 bits per heavy atom. The van der Waals surface area contributed by atoms with Gasteiger partial charge in [-0.05, 0) is 0 Å². The van der Waals surface area contributed by atoms with E-state index in [0.29, 0.717) is 0 Å². The van der Waals surface area contributed by atoms with Crippen molar-refractivity contribution in [3.63, 3.8) is 0 Å². The van der Waals surface area contributed by atoms with Gasteiger partial charge in [0.25, 0.3) is 12.1 Å². The fraction of sp³-hybridized carbons (Fsp3) is 1.00. The average Bonchev–Trinajstić information content (AvgIpc) is 2.13. The molecule has 1 fully saturated rings. The Morgan fingerprint density at radius 3 is 1.62 bits per heavy atom. The first-order chi connectivity index (χ1) is 5.74. The van der Waals surface area contributed by atoms with Crippen LogP contribution < -0.4 is 0 Å². The molecule has 78 valence electrons.